The van der Waals surface area contributed by atoms with Gasteiger partial charge in [-0.1, -0.05) is 11.8 Å². The Bertz CT molecular complexity index is 647. The van der Waals surface area contributed by atoms with Crippen molar-refractivity contribution >= 4 is 23.4 Å². The summed E-state index contributed by atoms with van der Waals surface area (Å²) < 4.78 is 26.6. The zero-order chi connectivity index (χ0) is 14.0. The van der Waals surface area contributed by atoms with Gasteiger partial charge in [0, 0.05) is 10.6 Å². The summed E-state index contributed by atoms with van der Waals surface area (Å²) in [6.45, 7) is 0. The fraction of sp³-hybridized carbons (Fsp3) is 0. The average Bonchev–Trinajstić information content (AvgIpc) is 2.35. The Morgan fingerprint density at radius 3 is 2.53 bits per heavy atom. The minimum absolute atomic E-state index is 0.0206. The Morgan fingerprint density at radius 1 is 1.11 bits per heavy atom. The summed E-state index contributed by atoms with van der Waals surface area (Å²) in [5.41, 5.74) is 5.75. The molecule has 19 heavy (non-hydrogen) atoms. The maximum atomic E-state index is 13.5. The van der Waals surface area contributed by atoms with Gasteiger partial charge in [0.25, 0.3) is 0 Å². The Kier molecular flexibility index (Phi) is 3.71. The highest BCUT2D eigenvalue weighted by Gasteiger charge is 2.14. The van der Waals surface area contributed by atoms with E-state index in [4.69, 9.17) is 10.8 Å². The third-order valence-corrected chi connectivity index (χ3v) is 3.46. The van der Waals surface area contributed by atoms with E-state index in [9.17, 15) is 13.6 Å². The molecule has 3 nitrogen and oxygen atoms in total. The minimum Gasteiger partial charge on any atom is -0.478 e. The predicted octanol–water partition coefficient (Wildman–Crippen LogP) is 3.40. The van der Waals surface area contributed by atoms with Crippen LogP contribution in [0.5, 0.6) is 0 Å². The van der Waals surface area contributed by atoms with Crippen LogP contribution in [0.1, 0.15) is 10.4 Å². The number of rotatable bonds is 3. The molecule has 3 N–H and O–H groups in total. The number of carboxylic acid groups (broad SMARTS) is 1. The van der Waals surface area contributed by atoms with Crippen LogP contribution in [0, 0.1) is 11.6 Å². The molecule has 6 heteroatoms. The smallest absolute Gasteiger partial charge is 0.336 e. The topological polar surface area (TPSA) is 63.3 Å². The van der Waals surface area contributed by atoms with Crippen molar-refractivity contribution in [2.45, 2.75) is 9.79 Å². The summed E-state index contributed by atoms with van der Waals surface area (Å²) >= 11 is 0.841. The number of nitrogens with two attached hydrogens (primary N) is 1. The number of nitrogen functional groups attached to an aromatic ring is 1. The van der Waals surface area contributed by atoms with Gasteiger partial charge >= 0.3 is 5.97 Å². The highest BCUT2D eigenvalue weighted by Crippen LogP contribution is 2.33. The monoisotopic (exact) mass is 281 g/mol. The lowest BCUT2D eigenvalue weighted by molar-refractivity contribution is 0.0693. The van der Waals surface area contributed by atoms with E-state index in [0.717, 1.165) is 30.0 Å². The van der Waals surface area contributed by atoms with E-state index in [2.05, 4.69) is 0 Å². The molecule has 0 aliphatic rings. The molecule has 0 heterocycles. The van der Waals surface area contributed by atoms with Crippen LogP contribution in [0.4, 0.5) is 14.5 Å². The molecule has 0 fully saturated rings. The molecule has 0 atom stereocenters. The lowest BCUT2D eigenvalue weighted by Crippen LogP contribution is -2.00. The molecule has 0 amide bonds. The van der Waals surface area contributed by atoms with E-state index >= 15 is 0 Å². The van der Waals surface area contributed by atoms with Gasteiger partial charge < -0.3 is 10.8 Å². The summed E-state index contributed by atoms with van der Waals surface area (Å²) in [6, 6.07) is 7.26. The van der Waals surface area contributed by atoms with E-state index in [1.54, 1.807) is 0 Å². The number of carbonyl (C=O) groups is 1. The van der Waals surface area contributed by atoms with Crippen LogP contribution in [0.25, 0.3) is 0 Å². The van der Waals surface area contributed by atoms with E-state index in [1.807, 2.05) is 0 Å². The number of hydrogen-bond donors (Lipinski definition) is 2. The second-order valence-electron chi connectivity index (χ2n) is 3.74. The van der Waals surface area contributed by atoms with Crippen LogP contribution in [-0.4, -0.2) is 11.1 Å². The second kappa shape index (κ2) is 5.27. The van der Waals surface area contributed by atoms with Crippen molar-refractivity contribution in [1.29, 1.82) is 0 Å². The molecule has 2 aromatic rings. The molecule has 0 bridgehead atoms. The highest BCUT2D eigenvalue weighted by molar-refractivity contribution is 7.99. The SMILES string of the molecule is Nc1ccc(Sc2cc(F)ccc2F)c(C(=O)O)c1. The standard InChI is InChI=1S/C13H9F2NO2S/c14-7-1-3-10(15)12(5-7)19-11-4-2-8(16)6-9(11)13(17)18/h1-6H,16H2,(H,17,18). The molecule has 0 saturated carbocycles. The van der Waals surface area contributed by atoms with Gasteiger partial charge in [-0.15, -0.1) is 0 Å². The van der Waals surface area contributed by atoms with Gasteiger partial charge in [-0.3, -0.25) is 0 Å². The first-order chi connectivity index (χ1) is 8.97. The van der Waals surface area contributed by atoms with Crippen LogP contribution >= 0.6 is 11.8 Å². The Morgan fingerprint density at radius 2 is 1.84 bits per heavy atom. The largest absolute Gasteiger partial charge is 0.478 e. The number of aromatic carboxylic acids is 1. The third kappa shape index (κ3) is 3.03. The van der Waals surface area contributed by atoms with Crippen molar-refractivity contribution in [3.8, 4) is 0 Å². The zero-order valence-corrected chi connectivity index (χ0v) is 10.4. The van der Waals surface area contributed by atoms with Crippen molar-refractivity contribution in [3.05, 3.63) is 53.6 Å². The molecule has 0 aliphatic heterocycles. The fourth-order valence-corrected chi connectivity index (χ4v) is 2.44. The van der Waals surface area contributed by atoms with Gasteiger partial charge in [-0.2, -0.15) is 0 Å². The molecular weight excluding hydrogens is 272 g/mol. The molecule has 98 valence electrons. The van der Waals surface area contributed by atoms with Gasteiger partial charge in [0.05, 0.1) is 10.5 Å². The first-order valence-electron chi connectivity index (χ1n) is 5.23. The van der Waals surface area contributed by atoms with E-state index in [1.165, 1.54) is 18.2 Å². The normalized spacial score (nSPS) is 10.4. The number of carboxylic acids is 1. The van der Waals surface area contributed by atoms with Crippen molar-refractivity contribution in [3.63, 3.8) is 0 Å². The Balaban J connectivity index is 2.43. The number of anilines is 1. The van der Waals surface area contributed by atoms with E-state index in [0.29, 0.717) is 10.6 Å². The molecule has 0 unspecified atom stereocenters. The van der Waals surface area contributed by atoms with Crippen molar-refractivity contribution in [2.24, 2.45) is 0 Å². The highest BCUT2D eigenvalue weighted by atomic mass is 32.2. The molecule has 0 saturated heterocycles. The molecule has 0 radical (unpaired) electrons. The Labute approximate surface area is 112 Å². The molecular formula is C13H9F2NO2S. The lowest BCUT2D eigenvalue weighted by Gasteiger charge is -2.07. The first kappa shape index (κ1) is 13.4. The average molecular weight is 281 g/mol. The van der Waals surface area contributed by atoms with Gasteiger partial charge in [-0.05, 0) is 36.4 Å². The van der Waals surface area contributed by atoms with E-state index in [-0.39, 0.29) is 10.5 Å². The maximum Gasteiger partial charge on any atom is 0.336 e. The van der Waals surface area contributed by atoms with Gasteiger partial charge in [0.15, 0.2) is 0 Å². The molecule has 0 spiro atoms. The van der Waals surface area contributed by atoms with Gasteiger partial charge in [-0.25, -0.2) is 13.6 Å². The molecule has 2 aromatic carbocycles. The number of hydrogen-bond acceptors (Lipinski definition) is 3. The molecule has 0 aromatic heterocycles. The van der Waals surface area contributed by atoms with Crippen LogP contribution in [-0.2, 0) is 0 Å². The first-order valence-corrected chi connectivity index (χ1v) is 6.05. The summed E-state index contributed by atoms with van der Waals surface area (Å²) in [5.74, 6) is -2.37. The zero-order valence-electron chi connectivity index (χ0n) is 9.56. The van der Waals surface area contributed by atoms with Crippen LogP contribution in [0.2, 0.25) is 0 Å². The molecule has 0 aliphatic carbocycles. The molecule has 2 rings (SSSR count). The lowest BCUT2D eigenvalue weighted by atomic mass is 10.2. The van der Waals surface area contributed by atoms with Crippen LogP contribution in [0.15, 0.2) is 46.2 Å². The second-order valence-corrected chi connectivity index (χ2v) is 4.82. The van der Waals surface area contributed by atoms with Gasteiger partial charge in [0.1, 0.15) is 11.6 Å². The summed E-state index contributed by atoms with van der Waals surface area (Å²) in [7, 11) is 0. The van der Waals surface area contributed by atoms with Crippen LogP contribution < -0.4 is 5.73 Å². The fourth-order valence-electron chi connectivity index (χ4n) is 1.48. The van der Waals surface area contributed by atoms with Crippen molar-refractivity contribution < 1.29 is 18.7 Å². The van der Waals surface area contributed by atoms with E-state index < -0.39 is 17.6 Å². The van der Waals surface area contributed by atoms with Crippen molar-refractivity contribution in [1.82, 2.24) is 0 Å². The third-order valence-electron chi connectivity index (χ3n) is 2.35. The maximum absolute atomic E-state index is 13.5. The number of benzene rings is 2. The number of halogens is 2. The van der Waals surface area contributed by atoms with Gasteiger partial charge in [0.2, 0.25) is 0 Å². The Hall–Kier alpha value is -2.08. The van der Waals surface area contributed by atoms with Crippen LogP contribution in [0.3, 0.4) is 0 Å². The quantitative estimate of drug-likeness (QED) is 0.846. The van der Waals surface area contributed by atoms with Crippen molar-refractivity contribution in [2.75, 3.05) is 5.73 Å². The minimum atomic E-state index is -1.17. The summed E-state index contributed by atoms with van der Waals surface area (Å²) in [5, 5.41) is 9.06. The summed E-state index contributed by atoms with van der Waals surface area (Å²) in [6.07, 6.45) is 0. The summed E-state index contributed by atoms with van der Waals surface area (Å²) in [4.78, 5) is 11.4. The predicted molar refractivity (Wildman–Crippen MR) is 68.3 cm³/mol.